The SMILES string of the molecule is C/C=c1/s/c(=c2\s/c(=C3\CC(=S)C(CC(=O)O)C3=O)n(CC(=O)O)c2=O)n(CC(=O)O)c1=O. The van der Waals surface area contributed by atoms with Crippen LogP contribution in [0.5, 0.6) is 0 Å². The van der Waals surface area contributed by atoms with Crippen LogP contribution >= 0.6 is 34.9 Å². The van der Waals surface area contributed by atoms with Crippen molar-refractivity contribution in [1.29, 1.82) is 0 Å². The predicted octanol–water partition coefficient (Wildman–Crippen LogP) is -1.03. The van der Waals surface area contributed by atoms with Crippen LogP contribution < -0.4 is 20.3 Å². The Morgan fingerprint density at radius 1 is 0.970 bits per heavy atom. The monoisotopic (exact) mass is 512 g/mol. The molecule has 1 fully saturated rings. The lowest BCUT2D eigenvalue weighted by molar-refractivity contribution is -0.139. The first kappa shape index (κ1) is 24.4. The van der Waals surface area contributed by atoms with Crippen LogP contribution in [0.3, 0.4) is 0 Å². The van der Waals surface area contributed by atoms with Crippen LogP contribution in [0.1, 0.15) is 19.8 Å². The molecule has 0 spiro atoms. The number of aliphatic carboxylic acids is 3. The van der Waals surface area contributed by atoms with E-state index in [1.54, 1.807) is 6.92 Å². The molecule has 2 aromatic heterocycles. The first-order chi connectivity index (χ1) is 15.5. The number of thiazole rings is 2. The van der Waals surface area contributed by atoms with Crippen molar-refractivity contribution in [2.45, 2.75) is 32.9 Å². The minimum atomic E-state index is -1.37. The smallest absolute Gasteiger partial charge is 0.323 e. The first-order valence-corrected chi connectivity index (χ1v) is 11.4. The highest BCUT2D eigenvalue weighted by Crippen LogP contribution is 2.28. The topological polar surface area (TPSA) is 173 Å². The number of carboxylic acid groups (broad SMARTS) is 3. The molecular weight excluding hydrogens is 496 g/mol. The number of hydrogen-bond acceptors (Lipinski definition) is 9. The van der Waals surface area contributed by atoms with Crippen molar-refractivity contribution in [1.82, 2.24) is 9.13 Å². The predicted molar refractivity (Wildman–Crippen MR) is 121 cm³/mol. The van der Waals surface area contributed by atoms with E-state index in [1.165, 1.54) is 6.08 Å². The lowest BCUT2D eigenvalue weighted by Crippen LogP contribution is -2.32. The van der Waals surface area contributed by atoms with Crippen LogP contribution in [-0.4, -0.2) is 53.0 Å². The van der Waals surface area contributed by atoms with Gasteiger partial charge in [-0.1, -0.05) is 18.3 Å². The Bertz CT molecular complexity index is 1550. The molecule has 0 radical (unpaired) electrons. The number of nitrogens with zero attached hydrogens (tertiary/aromatic N) is 2. The van der Waals surface area contributed by atoms with Gasteiger partial charge in [-0.25, -0.2) is 0 Å². The zero-order valence-electron chi connectivity index (χ0n) is 16.9. The molecule has 1 saturated carbocycles. The van der Waals surface area contributed by atoms with Gasteiger partial charge in [0.1, 0.15) is 26.9 Å². The van der Waals surface area contributed by atoms with Gasteiger partial charge in [0, 0.05) is 16.9 Å². The molecule has 1 aliphatic carbocycles. The van der Waals surface area contributed by atoms with Gasteiger partial charge in [0.15, 0.2) is 5.78 Å². The number of hydrogen-bond donors (Lipinski definition) is 3. The fraction of sp³-hybridized carbons (Fsp3) is 0.316. The standard InChI is InChI=1S/C19H16N2O9S3/c1-2-10-16(29)20(5-12(24)25)19(32-10)15-17(30)21(6-13(26)27)18(33-15)8-3-9(31)7(14(8)28)4-11(22)23/h2,7H,3-6H2,1H3,(H,22,23)(H,24,25)(H,26,27)/b10-2+,18-8+,19-15-. The van der Waals surface area contributed by atoms with Crippen molar-refractivity contribution < 1.29 is 34.5 Å². The molecule has 0 aliphatic heterocycles. The molecule has 174 valence electrons. The fourth-order valence-corrected chi connectivity index (χ4v) is 6.10. The van der Waals surface area contributed by atoms with Gasteiger partial charge in [-0.15, -0.1) is 22.7 Å². The highest BCUT2D eigenvalue weighted by Gasteiger charge is 2.37. The largest absolute Gasteiger partial charge is 0.481 e. The van der Waals surface area contributed by atoms with Gasteiger partial charge >= 0.3 is 17.9 Å². The van der Waals surface area contributed by atoms with E-state index in [2.05, 4.69) is 0 Å². The molecule has 0 saturated heterocycles. The molecule has 0 bridgehead atoms. The zero-order valence-corrected chi connectivity index (χ0v) is 19.3. The van der Waals surface area contributed by atoms with E-state index < -0.39 is 60.2 Å². The molecule has 0 aromatic carbocycles. The quantitative estimate of drug-likeness (QED) is 0.406. The number of aromatic nitrogens is 2. The summed E-state index contributed by atoms with van der Waals surface area (Å²) < 4.78 is 1.86. The highest BCUT2D eigenvalue weighted by molar-refractivity contribution is 7.80. The van der Waals surface area contributed by atoms with E-state index in [4.69, 9.17) is 17.3 Å². The molecule has 1 unspecified atom stereocenters. The number of thiocarbonyl (C=S) groups is 1. The third kappa shape index (κ3) is 4.62. The second-order valence-electron chi connectivity index (χ2n) is 7.00. The van der Waals surface area contributed by atoms with Gasteiger partial charge < -0.3 is 15.3 Å². The van der Waals surface area contributed by atoms with Crippen molar-refractivity contribution in [3.8, 4) is 0 Å². The average Bonchev–Trinajstić information content (AvgIpc) is 3.29. The van der Waals surface area contributed by atoms with E-state index in [1.807, 2.05) is 0 Å². The summed E-state index contributed by atoms with van der Waals surface area (Å²) in [7, 11) is 0. The molecule has 14 heteroatoms. The third-order valence-electron chi connectivity index (χ3n) is 4.82. The van der Waals surface area contributed by atoms with Crippen LogP contribution in [0.25, 0.3) is 11.6 Å². The molecule has 1 aliphatic rings. The molecule has 3 rings (SSSR count). The summed E-state index contributed by atoms with van der Waals surface area (Å²) in [5, 5.41) is 27.6. The van der Waals surface area contributed by atoms with E-state index in [0.29, 0.717) is 0 Å². The summed E-state index contributed by atoms with van der Waals surface area (Å²) in [6, 6.07) is 0. The van der Waals surface area contributed by atoms with E-state index in [-0.39, 0.29) is 35.2 Å². The van der Waals surface area contributed by atoms with Crippen molar-refractivity contribution in [3.05, 3.63) is 39.1 Å². The average molecular weight is 513 g/mol. The Morgan fingerprint density at radius 2 is 1.55 bits per heavy atom. The maximum atomic E-state index is 13.2. The highest BCUT2D eigenvalue weighted by atomic mass is 32.1. The minimum absolute atomic E-state index is 0.0117. The van der Waals surface area contributed by atoms with Gasteiger partial charge in [-0.3, -0.25) is 37.9 Å². The van der Waals surface area contributed by atoms with Gasteiger partial charge in [0.25, 0.3) is 11.1 Å². The molecule has 2 heterocycles. The Kier molecular flexibility index (Phi) is 6.90. The van der Waals surface area contributed by atoms with Crippen molar-refractivity contribution in [3.63, 3.8) is 0 Å². The van der Waals surface area contributed by atoms with Gasteiger partial charge in [0.05, 0.1) is 16.9 Å². The number of ketones is 1. The second kappa shape index (κ2) is 9.33. The van der Waals surface area contributed by atoms with Gasteiger partial charge in [-0.2, -0.15) is 0 Å². The van der Waals surface area contributed by atoms with E-state index in [9.17, 15) is 39.0 Å². The molecule has 33 heavy (non-hydrogen) atoms. The second-order valence-corrected chi connectivity index (χ2v) is 9.56. The summed E-state index contributed by atoms with van der Waals surface area (Å²) in [5.41, 5.74) is -1.41. The number of Topliss-reactive ketones (excluding diaryl/α,β-unsaturated/α-hetero) is 1. The van der Waals surface area contributed by atoms with Crippen LogP contribution in [0.4, 0.5) is 0 Å². The van der Waals surface area contributed by atoms with E-state index >= 15 is 0 Å². The third-order valence-corrected chi connectivity index (χ3v) is 7.86. The Balaban J connectivity index is 2.49. The van der Waals surface area contributed by atoms with Gasteiger partial charge in [-0.05, 0) is 6.92 Å². The molecule has 11 nitrogen and oxygen atoms in total. The Morgan fingerprint density at radius 3 is 2.06 bits per heavy atom. The van der Waals surface area contributed by atoms with E-state index in [0.717, 1.165) is 31.8 Å². The molecule has 2 aromatic rings. The number of rotatable bonds is 6. The normalized spacial score (nSPS) is 19.3. The number of carbonyl (C=O) groups excluding carboxylic acids is 1. The van der Waals surface area contributed by atoms with Crippen molar-refractivity contribution in [2.24, 2.45) is 5.92 Å². The summed E-state index contributed by atoms with van der Waals surface area (Å²) in [6.07, 6.45) is 0.830. The zero-order chi connectivity index (χ0) is 24.6. The summed E-state index contributed by atoms with van der Waals surface area (Å²) in [6.45, 7) is 0.0603. The molecular formula is C19H16N2O9S3. The molecule has 0 amide bonds. The minimum Gasteiger partial charge on any atom is -0.481 e. The lowest BCUT2D eigenvalue weighted by Gasteiger charge is -2.03. The number of carboxylic acids is 3. The van der Waals surface area contributed by atoms with Crippen molar-refractivity contribution >= 4 is 75.1 Å². The lowest BCUT2D eigenvalue weighted by atomic mass is 10.0. The number of carbonyl (C=O) groups is 4. The van der Waals surface area contributed by atoms with Crippen LogP contribution in [-0.2, 0) is 32.3 Å². The molecule has 3 N–H and O–H groups in total. The Hall–Kier alpha value is -3.23. The first-order valence-electron chi connectivity index (χ1n) is 9.31. The Labute approximate surface area is 196 Å². The fourth-order valence-electron chi connectivity index (χ4n) is 3.41. The summed E-state index contributed by atoms with van der Waals surface area (Å²) in [4.78, 5) is 72.6. The van der Waals surface area contributed by atoms with Crippen LogP contribution in [0.15, 0.2) is 9.59 Å². The summed E-state index contributed by atoms with van der Waals surface area (Å²) in [5.74, 6) is -5.59. The van der Waals surface area contributed by atoms with Crippen LogP contribution in [0, 0.1) is 15.1 Å². The maximum absolute atomic E-state index is 13.2. The van der Waals surface area contributed by atoms with Gasteiger partial charge in [0.2, 0.25) is 0 Å². The molecule has 1 atom stereocenters. The van der Waals surface area contributed by atoms with Crippen LogP contribution in [0.2, 0.25) is 0 Å². The van der Waals surface area contributed by atoms with Crippen molar-refractivity contribution in [2.75, 3.05) is 0 Å². The maximum Gasteiger partial charge on any atom is 0.323 e. The summed E-state index contributed by atoms with van der Waals surface area (Å²) >= 11 is 6.78.